The molecule has 0 spiro atoms. The maximum Gasteiger partial charge on any atom is 0.343 e. The van der Waals surface area contributed by atoms with E-state index in [4.69, 9.17) is 16.3 Å². The van der Waals surface area contributed by atoms with Crippen molar-refractivity contribution in [2.45, 2.75) is 6.92 Å². The Morgan fingerprint density at radius 1 is 1.52 bits per heavy atom. The van der Waals surface area contributed by atoms with Crippen LogP contribution in [0.2, 0.25) is 5.15 Å². The first-order chi connectivity index (χ1) is 11.0. The largest absolute Gasteiger partial charge is 0.462 e. The van der Waals surface area contributed by atoms with Crippen molar-refractivity contribution in [1.82, 2.24) is 14.5 Å². The number of carbonyl (C=O) groups is 1. The van der Waals surface area contributed by atoms with Gasteiger partial charge >= 0.3 is 5.97 Å². The molecule has 0 aliphatic carbocycles. The van der Waals surface area contributed by atoms with Crippen LogP contribution in [0.4, 0.5) is 4.39 Å². The Hall–Kier alpha value is -2.32. The number of halogens is 2. The summed E-state index contributed by atoms with van der Waals surface area (Å²) in [5.41, 5.74) is -0.781. The van der Waals surface area contributed by atoms with E-state index in [1.54, 1.807) is 18.5 Å². The molecule has 3 aromatic heterocycles. The zero-order chi connectivity index (χ0) is 16.6. The SMILES string of the molecule is CCOC(=O)c1cn(-c2nccs2)c2nc(Cl)c(F)cc2c1=O. The molecular formula is C14H9ClFN3O3S. The number of thiazole rings is 1. The number of rotatable bonds is 3. The second-order valence-electron chi connectivity index (χ2n) is 4.41. The fraction of sp³-hybridized carbons (Fsp3) is 0.143. The van der Waals surface area contributed by atoms with Gasteiger partial charge in [-0.05, 0) is 13.0 Å². The third kappa shape index (κ3) is 2.71. The van der Waals surface area contributed by atoms with Gasteiger partial charge in [0, 0.05) is 17.8 Å². The lowest BCUT2D eigenvalue weighted by Crippen LogP contribution is -2.21. The average Bonchev–Trinajstić information content (AvgIpc) is 3.04. The molecule has 0 N–H and O–H groups in total. The number of hydrogen-bond donors (Lipinski definition) is 0. The summed E-state index contributed by atoms with van der Waals surface area (Å²) in [6.07, 6.45) is 2.84. The van der Waals surface area contributed by atoms with Crippen LogP contribution in [0.3, 0.4) is 0 Å². The van der Waals surface area contributed by atoms with Crippen LogP contribution in [0.1, 0.15) is 17.3 Å². The van der Waals surface area contributed by atoms with E-state index < -0.39 is 17.2 Å². The quantitative estimate of drug-likeness (QED) is 0.534. The van der Waals surface area contributed by atoms with Crippen LogP contribution in [0.5, 0.6) is 0 Å². The molecule has 0 amide bonds. The molecule has 6 nitrogen and oxygen atoms in total. The number of pyridine rings is 2. The van der Waals surface area contributed by atoms with Crippen LogP contribution >= 0.6 is 22.9 Å². The van der Waals surface area contributed by atoms with Crippen molar-refractivity contribution in [3.8, 4) is 5.13 Å². The van der Waals surface area contributed by atoms with Gasteiger partial charge in [0.25, 0.3) is 0 Å². The Morgan fingerprint density at radius 3 is 2.96 bits per heavy atom. The molecular weight excluding hydrogens is 345 g/mol. The van der Waals surface area contributed by atoms with Crippen molar-refractivity contribution in [3.63, 3.8) is 0 Å². The Bertz CT molecular complexity index is 956. The summed E-state index contributed by atoms with van der Waals surface area (Å²) in [5, 5.41) is 1.73. The molecule has 3 rings (SSSR count). The minimum atomic E-state index is -0.844. The van der Waals surface area contributed by atoms with Crippen molar-refractivity contribution < 1.29 is 13.9 Å². The minimum Gasteiger partial charge on any atom is -0.462 e. The van der Waals surface area contributed by atoms with Gasteiger partial charge in [-0.3, -0.25) is 9.36 Å². The smallest absolute Gasteiger partial charge is 0.343 e. The molecule has 9 heteroatoms. The van der Waals surface area contributed by atoms with E-state index in [0.717, 1.165) is 6.07 Å². The maximum absolute atomic E-state index is 13.7. The number of ether oxygens (including phenoxy) is 1. The van der Waals surface area contributed by atoms with E-state index in [1.165, 1.54) is 22.1 Å². The maximum atomic E-state index is 13.7. The monoisotopic (exact) mass is 353 g/mol. The predicted octanol–water partition coefficient (Wildman–Crippen LogP) is 2.81. The van der Waals surface area contributed by atoms with Crippen molar-refractivity contribution >= 4 is 39.9 Å². The van der Waals surface area contributed by atoms with Gasteiger partial charge in [-0.25, -0.2) is 19.2 Å². The van der Waals surface area contributed by atoms with E-state index in [1.807, 2.05) is 0 Å². The highest BCUT2D eigenvalue weighted by atomic mass is 35.5. The Labute approximate surface area is 138 Å². The molecule has 0 bridgehead atoms. The summed E-state index contributed by atoms with van der Waals surface area (Å²) in [5.74, 6) is -1.64. The molecule has 0 aromatic carbocycles. The molecule has 0 aliphatic heterocycles. The molecule has 0 unspecified atom stereocenters. The number of esters is 1. The second kappa shape index (κ2) is 6.05. The van der Waals surface area contributed by atoms with Gasteiger partial charge in [-0.2, -0.15) is 0 Å². The van der Waals surface area contributed by atoms with E-state index >= 15 is 0 Å². The normalized spacial score (nSPS) is 10.9. The topological polar surface area (TPSA) is 74.1 Å². The molecule has 0 radical (unpaired) electrons. The van der Waals surface area contributed by atoms with Crippen LogP contribution in [0.25, 0.3) is 16.2 Å². The molecule has 3 aromatic rings. The van der Waals surface area contributed by atoms with Crippen molar-refractivity contribution in [1.29, 1.82) is 0 Å². The summed E-state index contributed by atoms with van der Waals surface area (Å²) in [6, 6.07) is 0.958. The van der Waals surface area contributed by atoms with E-state index in [0.29, 0.717) is 5.13 Å². The first kappa shape index (κ1) is 15.6. The van der Waals surface area contributed by atoms with Crippen LogP contribution in [0.15, 0.2) is 28.6 Å². The van der Waals surface area contributed by atoms with Crippen molar-refractivity contribution in [3.05, 3.63) is 50.6 Å². The Morgan fingerprint density at radius 2 is 2.30 bits per heavy atom. The summed E-state index contributed by atoms with van der Waals surface area (Å²) in [7, 11) is 0. The van der Waals surface area contributed by atoms with Crippen LogP contribution in [-0.2, 0) is 4.74 Å². The van der Waals surface area contributed by atoms with E-state index in [-0.39, 0.29) is 28.4 Å². The van der Waals surface area contributed by atoms with Gasteiger partial charge in [-0.1, -0.05) is 11.6 Å². The fourth-order valence-electron chi connectivity index (χ4n) is 2.04. The summed E-state index contributed by atoms with van der Waals surface area (Å²) in [4.78, 5) is 32.5. The number of nitrogens with zero attached hydrogens (tertiary/aromatic N) is 3. The summed E-state index contributed by atoms with van der Waals surface area (Å²) in [6.45, 7) is 1.74. The third-order valence-corrected chi connectivity index (χ3v) is 4.05. The molecule has 23 heavy (non-hydrogen) atoms. The third-order valence-electron chi connectivity index (χ3n) is 3.01. The summed E-state index contributed by atoms with van der Waals surface area (Å²) < 4.78 is 20.0. The molecule has 118 valence electrons. The van der Waals surface area contributed by atoms with Gasteiger partial charge < -0.3 is 4.74 Å². The lowest BCUT2D eigenvalue weighted by Gasteiger charge is -2.10. The fourth-order valence-corrected chi connectivity index (χ4v) is 2.79. The van der Waals surface area contributed by atoms with E-state index in [9.17, 15) is 14.0 Å². The van der Waals surface area contributed by atoms with Crippen LogP contribution < -0.4 is 5.43 Å². The van der Waals surface area contributed by atoms with Crippen LogP contribution in [-0.4, -0.2) is 27.1 Å². The predicted molar refractivity (Wildman–Crippen MR) is 83.9 cm³/mol. The highest BCUT2D eigenvalue weighted by molar-refractivity contribution is 7.12. The molecule has 0 saturated carbocycles. The summed E-state index contributed by atoms with van der Waals surface area (Å²) >= 11 is 6.98. The van der Waals surface area contributed by atoms with Crippen molar-refractivity contribution in [2.75, 3.05) is 6.61 Å². The molecule has 0 aliphatic rings. The number of aromatic nitrogens is 3. The Kier molecular flexibility index (Phi) is 4.10. The zero-order valence-corrected chi connectivity index (χ0v) is 13.3. The highest BCUT2D eigenvalue weighted by Crippen LogP contribution is 2.22. The molecule has 0 atom stereocenters. The molecule has 3 heterocycles. The second-order valence-corrected chi connectivity index (χ2v) is 5.64. The molecule has 0 saturated heterocycles. The number of hydrogen-bond acceptors (Lipinski definition) is 6. The average molecular weight is 354 g/mol. The van der Waals surface area contributed by atoms with Gasteiger partial charge in [0.1, 0.15) is 5.56 Å². The van der Waals surface area contributed by atoms with Crippen LogP contribution in [0, 0.1) is 5.82 Å². The standard InChI is InChI=1S/C14H9ClFN3O3S/c1-2-22-13(21)8-6-19(14-17-3-4-23-14)12-7(10(8)20)5-9(16)11(15)18-12/h3-6H,2H2,1H3. The lowest BCUT2D eigenvalue weighted by atomic mass is 10.2. The van der Waals surface area contributed by atoms with Crippen molar-refractivity contribution in [2.24, 2.45) is 0 Å². The zero-order valence-electron chi connectivity index (χ0n) is 11.7. The van der Waals surface area contributed by atoms with E-state index in [2.05, 4.69) is 9.97 Å². The van der Waals surface area contributed by atoms with Gasteiger partial charge in [0.05, 0.1) is 12.0 Å². The van der Waals surface area contributed by atoms with Gasteiger partial charge in [-0.15, -0.1) is 11.3 Å². The number of fused-ring (bicyclic) bond motifs is 1. The number of carbonyl (C=O) groups excluding carboxylic acids is 1. The lowest BCUT2D eigenvalue weighted by molar-refractivity contribution is 0.0524. The Balaban J connectivity index is 2.40. The van der Waals surface area contributed by atoms with Gasteiger partial charge in [0.2, 0.25) is 5.43 Å². The minimum absolute atomic E-state index is 0.0762. The van der Waals surface area contributed by atoms with Gasteiger partial charge in [0.15, 0.2) is 21.7 Å². The first-order valence-corrected chi connectivity index (χ1v) is 7.77. The first-order valence-electron chi connectivity index (χ1n) is 6.51. The highest BCUT2D eigenvalue weighted by Gasteiger charge is 2.20. The molecule has 0 fully saturated rings.